The molecule has 1 N–H and O–H groups in total. The minimum absolute atomic E-state index is 0.404. The highest BCUT2D eigenvalue weighted by atomic mass is 79.9. The van der Waals surface area contributed by atoms with E-state index in [0.717, 1.165) is 13.0 Å². The summed E-state index contributed by atoms with van der Waals surface area (Å²) in [7, 11) is 0. The molecule has 0 aliphatic heterocycles. The molecule has 0 bridgehead atoms. The second-order valence-corrected chi connectivity index (χ2v) is 7.25. The molecule has 0 saturated heterocycles. The van der Waals surface area contributed by atoms with Gasteiger partial charge in [0.15, 0.2) is 0 Å². The van der Waals surface area contributed by atoms with Crippen LogP contribution in [0, 0.1) is 13.8 Å². The number of thiophene rings is 1. The van der Waals surface area contributed by atoms with Gasteiger partial charge in [-0.3, -0.25) is 0 Å². The summed E-state index contributed by atoms with van der Waals surface area (Å²) in [5, 5.41) is 3.60. The molecular formula is C16H20BrNS. The average molecular weight is 338 g/mol. The van der Waals surface area contributed by atoms with Crippen LogP contribution in [0.25, 0.3) is 0 Å². The van der Waals surface area contributed by atoms with Crippen molar-refractivity contribution < 1.29 is 0 Å². The van der Waals surface area contributed by atoms with Gasteiger partial charge in [-0.05, 0) is 65.5 Å². The molecule has 0 amide bonds. The molecular weight excluding hydrogens is 318 g/mol. The standard InChI is InChI=1S/C16H20BrNS/c1-4-18-14(15-9-12(3)16(17)19-15)10-13-8-6-5-7-11(13)2/h5-9,14,18H,4,10H2,1-3H3. The van der Waals surface area contributed by atoms with E-state index in [1.807, 2.05) is 11.3 Å². The smallest absolute Gasteiger partial charge is 0.0731 e. The molecule has 1 aromatic heterocycles. The number of likely N-dealkylation sites (N-methyl/N-ethyl adjacent to an activating group) is 1. The van der Waals surface area contributed by atoms with Gasteiger partial charge in [0.2, 0.25) is 0 Å². The van der Waals surface area contributed by atoms with E-state index >= 15 is 0 Å². The van der Waals surface area contributed by atoms with Gasteiger partial charge >= 0.3 is 0 Å². The first kappa shape index (κ1) is 14.8. The van der Waals surface area contributed by atoms with Gasteiger partial charge in [0.25, 0.3) is 0 Å². The Balaban J connectivity index is 2.23. The van der Waals surface area contributed by atoms with Crippen LogP contribution in [0.3, 0.4) is 0 Å². The van der Waals surface area contributed by atoms with E-state index in [1.165, 1.54) is 25.4 Å². The van der Waals surface area contributed by atoms with Gasteiger partial charge in [-0.1, -0.05) is 31.2 Å². The summed E-state index contributed by atoms with van der Waals surface area (Å²) in [4.78, 5) is 1.41. The summed E-state index contributed by atoms with van der Waals surface area (Å²) < 4.78 is 1.25. The quantitative estimate of drug-likeness (QED) is 0.807. The SMILES string of the molecule is CCNC(Cc1ccccc1C)c1cc(C)c(Br)s1. The highest BCUT2D eigenvalue weighted by Gasteiger charge is 2.15. The molecule has 1 atom stereocenters. The lowest BCUT2D eigenvalue weighted by Crippen LogP contribution is -2.22. The highest BCUT2D eigenvalue weighted by Crippen LogP contribution is 2.33. The second-order valence-electron chi connectivity index (χ2n) is 4.85. The molecule has 19 heavy (non-hydrogen) atoms. The maximum absolute atomic E-state index is 3.63. The summed E-state index contributed by atoms with van der Waals surface area (Å²) in [6.07, 6.45) is 1.05. The van der Waals surface area contributed by atoms with E-state index < -0.39 is 0 Å². The predicted octanol–water partition coefficient (Wildman–Crippen LogP) is 5.02. The first-order valence-corrected chi connectivity index (χ1v) is 8.26. The fraction of sp³-hybridized carbons (Fsp3) is 0.375. The van der Waals surface area contributed by atoms with E-state index in [0.29, 0.717) is 6.04 Å². The van der Waals surface area contributed by atoms with Crippen LogP contribution in [0.2, 0.25) is 0 Å². The zero-order chi connectivity index (χ0) is 13.8. The molecule has 2 rings (SSSR count). The Bertz CT molecular complexity index is 528. The van der Waals surface area contributed by atoms with Crippen molar-refractivity contribution in [2.45, 2.75) is 33.2 Å². The molecule has 0 aliphatic rings. The Labute approximate surface area is 128 Å². The van der Waals surface area contributed by atoms with E-state index in [4.69, 9.17) is 0 Å². The molecule has 1 nitrogen and oxygen atoms in total. The maximum atomic E-state index is 3.63. The number of aryl methyl sites for hydroxylation is 2. The minimum Gasteiger partial charge on any atom is -0.309 e. The summed E-state index contributed by atoms with van der Waals surface area (Å²) >= 11 is 5.47. The number of hydrogen-bond acceptors (Lipinski definition) is 2. The monoisotopic (exact) mass is 337 g/mol. The highest BCUT2D eigenvalue weighted by molar-refractivity contribution is 9.11. The zero-order valence-corrected chi connectivity index (χ0v) is 14.1. The summed E-state index contributed by atoms with van der Waals surface area (Å²) in [5.41, 5.74) is 4.13. The summed E-state index contributed by atoms with van der Waals surface area (Å²) in [6, 6.07) is 11.3. The molecule has 0 saturated carbocycles. The molecule has 0 radical (unpaired) electrons. The van der Waals surface area contributed by atoms with Crippen molar-refractivity contribution in [3.05, 3.63) is 55.7 Å². The molecule has 1 heterocycles. The first-order chi connectivity index (χ1) is 9.11. The van der Waals surface area contributed by atoms with Gasteiger partial charge in [-0.15, -0.1) is 11.3 Å². The van der Waals surface area contributed by atoms with E-state index in [2.05, 4.69) is 72.3 Å². The molecule has 102 valence electrons. The van der Waals surface area contributed by atoms with Crippen molar-refractivity contribution >= 4 is 27.3 Å². The predicted molar refractivity (Wildman–Crippen MR) is 88.1 cm³/mol. The molecule has 0 spiro atoms. The molecule has 0 aliphatic carbocycles. The molecule has 1 aromatic carbocycles. The number of rotatable bonds is 5. The lowest BCUT2D eigenvalue weighted by atomic mass is 10.00. The second kappa shape index (κ2) is 6.69. The third kappa shape index (κ3) is 3.68. The maximum Gasteiger partial charge on any atom is 0.0731 e. The van der Waals surface area contributed by atoms with Gasteiger partial charge in [0.05, 0.1) is 3.79 Å². The Morgan fingerprint density at radius 2 is 1.95 bits per heavy atom. The van der Waals surface area contributed by atoms with Gasteiger partial charge in [0, 0.05) is 10.9 Å². The Morgan fingerprint density at radius 3 is 2.53 bits per heavy atom. The molecule has 3 heteroatoms. The number of benzene rings is 1. The molecule has 1 unspecified atom stereocenters. The van der Waals surface area contributed by atoms with Gasteiger partial charge in [-0.25, -0.2) is 0 Å². The number of hydrogen-bond donors (Lipinski definition) is 1. The van der Waals surface area contributed by atoms with E-state index in [-0.39, 0.29) is 0 Å². The van der Waals surface area contributed by atoms with Gasteiger partial charge in [-0.2, -0.15) is 0 Å². The fourth-order valence-corrected chi connectivity index (χ4v) is 3.88. The normalized spacial score (nSPS) is 12.6. The first-order valence-electron chi connectivity index (χ1n) is 6.65. The van der Waals surface area contributed by atoms with Crippen molar-refractivity contribution in [3.8, 4) is 0 Å². The molecule has 0 fully saturated rings. The van der Waals surface area contributed by atoms with Crippen molar-refractivity contribution in [2.75, 3.05) is 6.54 Å². The zero-order valence-electron chi connectivity index (χ0n) is 11.7. The fourth-order valence-electron chi connectivity index (χ4n) is 2.23. The lowest BCUT2D eigenvalue weighted by molar-refractivity contribution is 0.557. The Kier molecular flexibility index (Phi) is 5.20. The Hall–Kier alpha value is -0.640. The van der Waals surface area contributed by atoms with Crippen LogP contribution < -0.4 is 5.32 Å². The van der Waals surface area contributed by atoms with Crippen LogP contribution >= 0.6 is 27.3 Å². The van der Waals surface area contributed by atoms with Crippen LogP contribution in [0.4, 0.5) is 0 Å². The Morgan fingerprint density at radius 1 is 1.21 bits per heavy atom. The van der Waals surface area contributed by atoms with E-state index in [1.54, 1.807) is 0 Å². The van der Waals surface area contributed by atoms with E-state index in [9.17, 15) is 0 Å². The number of nitrogens with one attached hydrogen (secondary N) is 1. The topological polar surface area (TPSA) is 12.0 Å². The summed E-state index contributed by atoms with van der Waals surface area (Å²) in [6.45, 7) is 7.50. The lowest BCUT2D eigenvalue weighted by Gasteiger charge is -2.17. The molecule has 2 aromatic rings. The average Bonchev–Trinajstić information content (AvgIpc) is 2.72. The van der Waals surface area contributed by atoms with Gasteiger partial charge < -0.3 is 5.32 Å². The van der Waals surface area contributed by atoms with Gasteiger partial charge in [0.1, 0.15) is 0 Å². The van der Waals surface area contributed by atoms with Crippen molar-refractivity contribution in [1.29, 1.82) is 0 Å². The van der Waals surface area contributed by atoms with Crippen LogP contribution in [0.15, 0.2) is 34.1 Å². The van der Waals surface area contributed by atoms with Crippen molar-refractivity contribution in [3.63, 3.8) is 0 Å². The largest absolute Gasteiger partial charge is 0.309 e. The van der Waals surface area contributed by atoms with Crippen molar-refractivity contribution in [2.24, 2.45) is 0 Å². The summed E-state index contributed by atoms with van der Waals surface area (Å²) in [5.74, 6) is 0. The number of halogens is 1. The van der Waals surface area contributed by atoms with Crippen LogP contribution in [-0.4, -0.2) is 6.54 Å². The van der Waals surface area contributed by atoms with Crippen LogP contribution in [0.1, 0.15) is 34.5 Å². The third-order valence-electron chi connectivity index (χ3n) is 3.36. The van der Waals surface area contributed by atoms with Crippen molar-refractivity contribution in [1.82, 2.24) is 5.32 Å². The van der Waals surface area contributed by atoms with Crippen LogP contribution in [-0.2, 0) is 6.42 Å². The minimum atomic E-state index is 0.404. The van der Waals surface area contributed by atoms with Crippen LogP contribution in [0.5, 0.6) is 0 Å². The third-order valence-corrected chi connectivity index (χ3v) is 5.61.